The van der Waals surface area contributed by atoms with E-state index in [-0.39, 0.29) is 23.4 Å². The van der Waals surface area contributed by atoms with Gasteiger partial charge < -0.3 is 16.4 Å². The first-order valence-electron chi connectivity index (χ1n) is 6.54. The van der Waals surface area contributed by atoms with Crippen LogP contribution in [-0.2, 0) is 9.59 Å². The smallest absolute Gasteiger partial charge is 0.234 e. The summed E-state index contributed by atoms with van der Waals surface area (Å²) in [7, 11) is 0. The molecule has 18 heavy (non-hydrogen) atoms. The van der Waals surface area contributed by atoms with Crippen LogP contribution in [0, 0.1) is 5.41 Å². The molecular formula is C13H27N3O2. The van der Waals surface area contributed by atoms with Crippen molar-refractivity contribution in [3.8, 4) is 0 Å². The minimum atomic E-state index is -0.314. The Morgan fingerprint density at radius 2 is 2.06 bits per heavy atom. The molecule has 4 N–H and O–H groups in total. The van der Waals surface area contributed by atoms with E-state index in [2.05, 4.69) is 31.4 Å². The Bertz CT molecular complexity index is 267. The highest BCUT2D eigenvalue weighted by atomic mass is 16.1. The fraction of sp³-hybridized carbons (Fsp3) is 0.846. The first-order chi connectivity index (χ1) is 8.32. The molecule has 0 saturated carbocycles. The Morgan fingerprint density at radius 1 is 1.44 bits per heavy atom. The molecule has 0 saturated heterocycles. The van der Waals surface area contributed by atoms with Crippen LogP contribution >= 0.6 is 0 Å². The normalized spacial score (nSPS) is 14.9. The second kappa shape index (κ2) is 8.08. The van der Waals surface area contributed by atoms with Crippen molar-refractivity contribution in [3.05, 3.63) is 0 Å². The van der Waals surface area contributed by atoms with Crippen LogP contribution in [0.4, 0.5) is 0 Å². The molecule has 0 rings (SSSR count). The Hall–Kier alpha value is -1.10. The predicted molar refractivity (Wildman–Crippen MR) is 73.0 cm³/mol. The standard InChI is InChI=1S/C13H27N3O2/c1-5-10(2)16-11(12(14)18)8-13(3,4)6-7-15-9-17/h9-11,16H,5-8H2,1-4H3,(H2,14,18)(H,15,17). The van der Waals surface area contributed by atoms with Gasteiger partial charge >= 0.3 is 0 Å². The number of primary amides is 1. The fourth-order valence-corrected chi connectivity index (χ4v) is 1.83. The molecule has 5 heteroatoms. The zero-order valence-electron chi connectivity index (χ0n) is 12.0. The number of hydrogen-bond acceptors (Lipinski definition) is 3. The average molecular weight is 257 g/mol. The van der Waals surface area contributed by atoms with Crippen molar-refractivity contribution >= 4 is 12.3 Å². The lowest BCUT2D eigenvalue weighted by Gasteiger charge is -2.30. The van der Waals surface area contributed by atoms with Crippen LogP contribution < -0.4 is 16.4 Å². The minimum absolute atomic E-state index is 0.0455. The van der Waals surface area contributed by atoms with E-state index < -0.39 is 0 Å². The second-order valence-electron chi connectivity index (χ2n) is 5.62. The lowest BCUT2D eigenvalue weighted by molar-refractivity contribution is -0.121. The molecular weight excluding hydrogens is 230 g/mol. The molecule has 0 aromatic carbocycles. The van der Waals surface area contributed by atoms with Gasteiger partial charge in [-0.1, -0.05) is 20.8 Å². The fourth-order valence-electron chi connectivity index (χ4n) is 1.83. The number of nitrogens with one attached hydrogen (secondary N) is 2. The van der Waals surface area contributed by atoms with E-state index in [1.165, 1.54) is 0 Å². The summed E-state index contributed by atoms with van der Waals surface area (Å²) >= 11 is 0. The van der Waals surface area contributed by atoms with E-state index in [1.807, 2.05) is 6.92 Å². The van der Waals surface area contributed by atoms with Gasteiger partial charge in [-0.2, -0.15) is 0 Å². The maximum absolute atomic E-state index is 11.4. The maximum Gasteiger partial charge on any atom is 0.234 e. The van der Waals surface area contributed by atoms with Crippen LogP contribution in [0.5, 0.6) is 0 Å². The summed E-state index contributed by atoms with van der Waals surface area (Å²) in [5.74, 6) is -0.313. The average Bonchev–Trinajstić information content (AvgIpc) is 2.27. The summed E-state index contributed by atoms with van der Waals surface area (Å²) in [5.41, 5.74) is 5.38. The van der Waals surface area contributed by atoms with Crippen LogP contribution in [0.15, 0.2) is 0 Å². The zero-order valence-corrected chi connectivity index (χ0v) is 12.0. The van der Waals surface area contributed by atoms with Crippen molar-refractivity contribution in [3.63, 3.8) is 0 Å². The van der Waals surface area contributed by atoms with Gasteiger partial charge in [0, 0.05) is 12.6 Å². The predicted octanol–water partition coefficient (Wildman–Crippen LogP) is 0.781. The number of amides is 2. The number of carbonyl (C=O) groups excluding carboxylic acids is 2. The monoisotopic (exact) mass is 257 g/mol. The Labute approximate surface area is 110 Å². The number of rotatable bonds is 10. The zero-order chi connectivity index (χ0) is 14.2. The summed E-state index contributed by atoms with van der Waals surface area (Å²) in [6.45, 7) is 8.87. The minimum Gasteiger partial charge on any atom is -0.368 e. The van der Waals surface area contributed by atoms with Crippen molar-refractivity contribution in [2.75, 3.05) is 6.54 Å². The summed E-state index contributed by atoms with van der Waals surface area (Å²) in [6, 6.07) is -0.0439. The van der Waals surface area contributed by atoms with Gasteiger partial charge in [0.15, 0.2) is 0 Å². The Kier molecular flexibility index (Phi) is 7.59. The number of nitrogens with two attached hydrogens (primary N) is 1. The molecule has 0 bridgehead atoms. The van der Waals surface area contributed by atoms with Gasteiger partial charge in [0.25, 0.3) is 0 Å². The summed E-state index contributed by atoms with van der Waals surface area (Å²) in [4.78, 5) is 21.7. The Balaban J connectivity index is 4.36. The highest BCUT2D eigenvalue weighted by Gasteiger charge is 2.27. The molecule has 0 aromatic heterocycles. The van der Waals surface area contributed by atoms with Gasteiger partial charge in [-0.25, -0.2) is 0 Å². The topological polar surface area (TPSA) is 84.2 Å². The number of hydrogen-bond donors (Lipinski definition) is 3. The molecule has 0 aliphatic carbocycles. The lowest BCUT2D eigenvalue weighted by Crippen LogP contribution is -2.47. The van der Waals surface area contributed by atoms with E-state index in [0.29, 0.717) is 19.4 Å². The summed E-state index contributed by atoms with van der Waals surface area (Å²) in [5, 5.41) is 5.89. The molecule has 0 aromatic rings. The van der Waals surface area contributed by atoms with Crippen LogP contribution in [0.2, 0.25) is 0 Å². The molecule has 0 spiro atoms. The SMILES string of the molecule is CCC(C)NC(CC(C)(C)CCNC=O)C(N)=O. The highest BCUT2D eigenvalue weighted by molar-refractivity contribution is 5.79. The van der Waals surface area contributed by atoms with Crippen molar-refractivity contribution in [2.24, 2.45) is 11.1 Å². The molecule has 0 heterocycles. The van der Waals surface area contributed by atoms with Gasteiger partial charge in [0.1, 0.15) is 0 Å². The maximum atomic E-state index is 11.4. The van der Waals surface area contributed by atoms with Crippen molar-refractivity contribution in [1.82, 2.24) is 10.6 Å². The Morgan fingerprint density at radius 3 is 2.50 bits per heavy atom. The third kappa shape index (κ3) is 7.27. The largest absolute Gasteiger partial charge is 0.368 e. The van der Waals surface area contributed by atoms with Gasteiger partial charge in [-0.3, -0.25) is 9.59 Å². The molecule has 5 nitrogen and oxygen atoms in total. The van der Waals surface area contributed by atoms with E-state index in [4.69, 9.17) is 5.73 Å². The van der Waals surface area contributed by atoms with Gasteiger partial charge in [-0.05, 0) is 31.6 Å². The molecule has 0 fully saturated rings. The van der Waals surface area contributed by atoms with E-state index >= 15 is 0 Å². The van der Waals surface area contributed by atoms with Gasteiger partial charge in [0.05, 0.1) is 6.04 Å². The first kappa shape index (κ1) is 16.9. The van der Waals surface area contributed by atoms with E-state index in [0.717, 1.165) is 12.8 Å². The van der Waals surface area contributed by atoms with Crippen LogP contribution in [0.3, 0.4) is 0 Å². The molecule has 0 aliphatic heterocycles. The molecule has 0 aliphatic rings. The molecule has 106 valence electrons. The third-order valence-corrected chi connectivity index (χ3v) is 3.23. The quantitative estimate of drug-likeness (QED) is 0.399. The van der Waals surface area contributed by atoms with Crippen molar-refractivity contribution in [1.29, 1.82) is 0 Å². The lowest BCUT2D eigenvalue weighted by atomic mass is 9.82. The van der Waals surface area contributed by atoms with Crippen molar-refractivity contribution in [2.45, 2.75) is 59.0 Å². The third-order valence-electron chi connectivity index (χ3n) is 3.23. The highest BCUT2D eigenvalue weighted by Crippen LogP contribution is 2.26. The molecule has 2 atom stereocenters. The van der Waals surface area contributed by atoms with E-state index in [9.17, 15) is 9.59 Å². The van der Waals surface area contributed by atoms with Gasteiger partial charge in [-0.15, -0.1) is 0 Å². The van der Waals surface area contributed by atoms with Gasteiger partial charge in [0.2, 0.25) is 12.3 Å². The molecule has 0 radical (unpaired) electrons. The van der Waals surface area contributed by atoms with E-state index in [1.54, 1.807) is 0 Å². The summed E-state index contributed by atoms with van der Waals surface area (Å²) in [6.07, 6.45) is 3.14. The van der Waals surface area contributed by atoms with Crippen LogP contribution in [-0.4, -0.2) is 30.9 Å². The van der Waals surface area contributed by atoms with Crippen LogP contribution in [0.1, 0.15) is 47.0 Å². The second-order valence-corrected chi connectivity index (χ2v) is 5.62. The number of carbonyl (C=O) groups is 2. The van der Waals surface area contributed by atoms with Crippen molar-refractivity contribution < 1.29 is 9.59 Å². The molecule has 2 amide bonds. The first-order valence-corrected chi connectivity index (χ1v) is 6.54. The van der Waals surface area contributed by atoms with Crippen LogP contribution in [0.25, 0.3) is 0 Å². The summed E-state index contributed by atoms with van der Waals surface area (Å²) < 4.78 is 0. The molecule has 2 unspecified atom stereocenters.